The quantitative estimate of drug-likeness (QED) is 0.776. The second-order valence-electron chi connectivity index (χ2n) is 3.74. The molecule has 0 amide bonds. The minimum atomic E-state index is 0.734. The Labute approximate surface area is 86.0 Å². The number of nitrogens with one attached hydrogen (secondary N) is 1. The van der Waals surface area contributed by atoms with Crippen LogP contribution in [0.5, 0.6) is 0 Å². The first-order valence-electron chi connectivity index (χ1n) is 5.21. The Morgan fingerprint density at radius 1 is 1.50 bits per heavy atom. The van der Waals surface area contributed by atoms with Gasteiger partial charge in [-0.25, -0.2) is 9.97 Å². The zero-order valence-corrected chi connectivity index (χ0v) is 9.25. The van der Waals surface area contributed by atoms with Gasteiger partial charge in [-0.2, -0.15) is 0 Å². The van der Waals surface area contributed by atoms with E-state index in [2.05, 4.69) is 29.1 Å². The molecule has 1 rings (SSSR count). The summed E-state index contributed by atoms with van der Waals surface area (Å²) >= 11 is 0. The van der Waals surface area contributed by atoms with Crippen molar-refractivity contribution in [3.8, 4) is 0 Å². The number of rotatable bonds is 5. The Morgan fingerprint density at radius 3 is 2.93 bits per heavy atom. The largest absolute Gasteiger partial charge is 0.311 e. The molecule has 0 aliphatic rings. The average molecular weight is 193 g/mol. The van der Waals surface area contributed by atoms with Gasteiger partial charge < -0.3 is 5.32 Å². The summed E-state index contributed by atoms with van der Waals surface area (Å²) in [4.78, 5) is 8.38. The number of hydrogen-bond donors (Lipinski definition) is 1. The maximum atomic E-state index is 4.32. The van der Waals surface area contributed by atoms with Crippen molar-refractivity contribution >= 4 is 0 Å². The molecule has 0 spiro atoms. The highest BCUT2D eigenvalue weighted by Gasteiger charge is 1.99. The van der Waals surface area contributed by atoms with Gasteiger partial charge in [-0.1, -0.05) is 20.3 Å². The van der Waals surface area contributed by atoms with Gasteiger partial charge in [0.1, 0.15) is 5.82 Å². The SMILES string of the molecule is CCC(C)CNCc1ccnc(C)n1. The molecule has 0 fully saturated rings. The van der Waals surface area contributed by atoms with Crippen molar-refractivity contribution in [2.45, 2.75) is 33.7 Å². The molecule has 1 unspecified atom stereocenters. The fourth-order valence-corrected chi connectivity index (χ4v) is 1.19. The van der Waals surface area contributed by atoms with Crippen molar-refractivity contribution in [2.75, 3.05) is 6.54 Å². The van der Waals surface area contributed by atoms with Crippen LogP contribution in [0.2, 0.25) is 0 Å². The summed E-state index contributed by atoms with van der Waals surface area (Å²) in [5.41, 5.74) is 1.07. The van der Waals surface area contributed by atoms with Crippen LogP contribution in [0.15, 0.2) is 12.3 Å². The molecule has 0 bridgehead atoms. The van der Waals surface area contributed by atoms with Crippen molar-refractivity contribution in [1.29, 1.82) is 0 Å². The number of aryl methyl sites for hydroxylation is 1. The van der Waals surface area contributed by atoms with Gasteiger partial charge in [-0.3, -0.25) is 0 Å². The summed E-state index contributed by atoms with van der Waals surface area (Å²) in [6.07, 6.45) is 3.03. The van der Waals surface area contributed by atoms with E-state index in [1.807, 2.05) is 19.2 Å². The van der Waals surface area contributed by atoms with Gasteiger partial charge in [0.25, 0.3) is 0 Å². The Bertz CT molecular complexity index is 273. The van der Waals surface area contributed by atoms with Crippen molar-refractivity contribution in [1.82, 2.24) is 15.3 Å². The van der Waals surface area contributed by atoms with E-state index in [9.17, 15) is 0 Å². The van der Waals surface area contributed by atoms with Gasteiger partial charge in [-0.15, -0.1) is 0 Å². The van der Waals surface area contributed by atoms with Crippen LogP contribution in [0.4, 0.5) is 0 Å². The third-order valence-electron chi connectivity index (χ3n) is 2.33. The molecule has 0 aliphatic carbocycles. The van der Waals surface area contributed by atoms with Crippen LogP contribution in [0, 0.1) is 12.8 Å². The van der Waals surface area contributed by atoms with Gasteiger partial charge in [0.05, 0.1) is 5.69 Å². The fraction of sp³-hybridized carbons (Fsp3) is 0.636. The molecule has 1 N–H and O–H groups in total. The highest BCUT2D eigenvalue weighted by molar-refractivity contribution is 5.00. The Hall–Kier alpha value is -0.960. The molecule has 0 saturated carbocycles. The Kier molecular flexibility index (Phi) is 4.53. The molecular weight excluding hydrogens is 174 g/mol. The minimum absolute atomic E-state index is 0.734. The van der Waals surface area contributed by atoms with Crippen LogP contribution >= 0.6 is 0 Å². The lowest BCUT2D eigenvalue weighted by Crippen LogP contribution is -2.21. The molecule has 1 atom stereocenters. The predicted octanol–water partition coefficient (Wildman–Crippen LogP) is 1.92. The molecule has 1 aromatic rings. The molecule has 14 heavy (non-hydrogen) atoms. The monoisotopic (exact) mass is 193 g/mol. The van der Waals surface area contributed by atoms with Gasteiger partial charge in [0, 0.05) is 12.7 Å². The maximum absolute atomic E-state index is 4.32. The molecule has 3 nitrogen and oxygen atoms in total. The highest BCUT2D eigenvalue weighted by atomic mass is 14.9. The first-order valence-corrected chi connectivity index (χ1v) is 5.21. The minimum Gasteiger partial charge on any atom is -0.311 e. The fourth-order valence-electron chi connectivity index (χ4n) is 1.19. The average Bonchev–Trinajstić information content (AvgIpc) is 2.17. The Morgan fingerprint density at radius 2 is 2.29 bits per heavy atom. The summed E-state index contributed by atoms with van der Waals surface area (Å²) < 4.78 is 0. The van der Waals surface area contributed by atoms with Crippen molar-refractivity contribution < 1.29 is 0 Å². The second-order valence-corrected chi connectivity index (χ2v) is 3.74. The third kappa shape index (κ3) is 3.83. The van der Waals surface area contributed by atoms with E-state index in [0.29, 0.717) is 0 Å². The van der Waals surface area contributed by atoms with Crippen molar-refractivity contribution in [3.63, 3.8) is 0 Å². The van der Waals surface area contributed by atoms with Gasteiger partial charge in [-0.05, 0) is 25.5 Å². The van der Waals surface area contributed by atoms with Gasteiger partial charge in [0.15, 0.2) is 0 Å². The number of hydrogen-bond acceptors (Lipinski definition) is 3. The summed E-state index contributed by atoms with van der Waals surface area (Å²) in [6, 6.07) is 1.95. The normalized spacial score (nSPS) is 12.8. The summed E-state index contributed by atoms with van der Waals surface area (Å²) in [7, 11) is 0. The smallest absolute Gasteiger partial charge is 0.125 e. The molecule has 0 aliphatic heterocycles. The van der Waals surface area contributed by atoms with Crippen LogP contribution in [-0.2, 0) is 6.54 Å². The third-order valence-corrected chi connectivity index (χ3v) is 2.33. The maximum Gasteiger partial charge on any atom is 0.125 e. The molecule has 3 heteroatoms. The predicted molar refractivity (Wildman–Crippen MR) is 57.9 cm³/mol. The topological polar surface area (TPSA) is 37.8 Å². The lowest BCUT2D eigenvalue weighted by molar-refractivity contribution is 0.497. The van der Waals surface area contributed by atoms with E-state index in [1.165, 1.54) is 6.42 Å². The molecule has 78 valence electrons. The van der Waals surface area contributed by atoms with E-state index in [4.69, 9.17) is 0 Å². The standard InChI is InChI=1S/C11H19N3/c1-4-9(2)7-12-8-11-5-6-13-10(3)14-11/h5-6,9,12H,4,7-8H2,1-3H3. The van der Waals surface area contributed by atoms with Crippen LogP contribution in [0.25, 0.3) is 0 Å². The van der Waals surface area contributed by atoms with Crippen molar-refractivity contribution in [3.05, 3.63) is 23.8 Å². The lowest BCUT2D eigenvalue weighted by atomic mass is 10.1. The Balaban J connectivity index is 2.31. The van der Waals surface area contributed by atoms with Gasteiger partial charge in [0.2, 0.25) is 0 Å². The van der Waals surface area contributed by atoms with E-state index in [1.54, 1.807) is 0 Å². The summed E-state index contributed by atoms with van der Waals surface area (Å²) in [5.74, 6) is 1.57. The van der Waals surface area contributed by atoms with E-state index < -0.39 is 0 Å². The first kappa shape index (κ1) is 11.1. The highest BCUT2D eigenvalue weighted by Crippen LogP contribution is 1.99. The van der Waals surface area contributed by atoms with Crippen molar-refractivity contribution in [2.24, 2.45) is 5.92 Å². The summed E-state index contributed by atoms with van der Waals surface area (Å²) in [6.45, 7) is 8.27. The second kappa shape index (κ2) is 5.70. The molecule has 0 radical (unpaired) electrons. The van der Waals surface area contributed by atoms with Gasteiger partial charge >= 0.3 is 0 Å². The molecule has 1 aromatic heterocycles. The van der Waals surface area contributed by atoms with E-state index >= 15 is 0 Å². The van der Waals surface area contributed by atoms with E-state index in [0.717, 1.165) is 30.5 Å². The van der Waals surface area contributed by atoms with Crippen LogP contribution in [0.1, 0.15) is 31.8 Å². The number of aromatic nitrogens is 2. The first-order chi connectivity index (χ1) is 6.72. The zero-order chi connectivity index (χ0) is 10.4. The molecule has 0 saturated heterocycles. The lowest BCUT2D eigenvalue weighted by Gasteiger charge is -2.09. The molecule has 0 aromatic carbocycles. The van der Waals surface area contributed by atoms with Crippen LogP contribution in [0.3, 0.4) is 0 Å². The van der Waals surface area contributed by atoms with Crippen LogP contribution < -0.4 is 5.32 Å². The van der Waals surface area contributed by atoms with E-state index in [-0.39, 0.29) is 0 Å². The molecule has 1 heterocycles. The number of nitrogens with zero attached hydrogens (tertiary/aromatic N) is 2. The summed E-state index contributed by atoms with van der Waals surface area (Å²) in [5, 5.41) is 3.39. The van der Waals surface area contributed by atoms with Crippen LogP contribution in [-0.4, -0.2) is 16.5 Å². The molecular formula is C11H19N3. The zero-order valence-electron chi connectivity index (χ0n) is 9.25.